The molecule has 36 heavy (non-hydrogen) atoms. The summed E-state index contributed by atoms with van der Waals surface area (Å²) in [5, 5.41) is 8.26. The summed E-state index contributed by atoms with van der Waals surface area (Å²) in [6.45, 7) is 2.78. The average molecular weight is 498 g/mol. The lowest BCUT2D eigenvalue weighted by Crippen LogP contribution is -2.28. The van der Waals surface area contributed by atoms with Gasteiger partial charge in [-0.1, -0.05) is 10.3 Å². The fraction of sp³-hybridized carbons (Fsp3) is 0.560. The summed E-state index contributed by atoms with van der Waals surface area (Å²) < 4.78 is 27.0. The molecule has 2 fully saturated rings. The SMILES string of the molecule is COc1ccc(-c2noc(CCCC(=O)N3CCC(c4nc(C5CCOCC5)no4)C3)n2)cc1OC. The van der Waals surface area contributed by atoms with E-state index in [0.29, 0.717) is 67.4 Å². The summed E-state index contributed by atoms with van der Waals surface area (Å²) >= 11 is 0. The number of amides is 1. The molecular weight excluding hydrogens is 466 g/mol. The maximum absolute atomic E-state index is 12.8. The van der Waals surface area contributed by atoms with Crippen LogP contribution in [-0.4, -0.2) is 71.6 Å². The van der Waals surface area contributed by atoms with E-state index in [2.05, 4.69) is 20.3 Å². The van der Waals surface area contributed by atoms with Crippen LogP contribution >= 0.6 is 0 Å². The van der Waals surface area contributed by atoms with Gasteiger partial charge in [-0.2, -0.15) is 9.97 Å². The zero-order chi connectivity index (χ0) is 24.9. The molecule has 1 aromatic carbocycles. The quantitative estimate of drug-likeness (QED) is 0.434. The molecule has 1 unspecified atom stereocenters. The number of hydrogen-bond donors (Lipinski definition) is 0. The summed E-state index contributed by atoms with van der Waals surface area (Å²) in [7, 11) is 3.16. The van der Waals surface area contributed by atoms with Gasteiger partial charge in [0, 0.05) is 50.6 Å². The highest BCUT2D eigenvalue weighted by Gasteiger charge is 2.32. The number of nitrogens with zero attached hydrogens (tertiary/aromatic N) is 5. The van der Waals surface area contributed by atoms with Gasteiger partial charge < -0.3 is 28.2 Å². The molecule has 0 saturated carbocycles. The molecule has 0 aliphatic carbocycles. The van der Waals surface area contributed by atoms with Gasteiger partial charge in [0.05, 0.1) is 20.1 Å². The van der Waals surface area contributed by atoms with E-state index in [1.165, 1.54) is 0 Å². The predicted octanol–water partition coefficient (Wildman–Crippen LogP) is 3.37. The molecule has 2 aliphatic rings. The van der Waals surface area contributed by atoms with E-state index in [4.69, 9.17) is 23.3 Å². The third-order valence-electron chi connectivity index (χ3n) is 6.83. The number of aryl methyl sites for hydroxylation is 1. The Morgan fingerprint density at radius 3 is 2.67 bits per heavy atom. The van der Waals surface area contributed by atoms with Gasteiger partial charge in [0.15, 0.2) is 17.3 Å². The maximum Gasteiger partial charge on any atom is 0.231 e. The molecule has 0 N–H and O–H groups in total. The number of benzene rings is 1. The number of hydrogen-bond acceptors (Lipinski definition) is 10. The first-order valence-electron chi connectivity index (χ1n) is 12.4. The van der Waals surface area contributed by atoms with Gasteiger partial charge in [-0.3, -0.25) is 4.79 Å². The number of ether oxygens (including phenoxy) is 3. The van der Waals surface area contributed by atoms with Crippen LogP contribution in [0.3, 0.4) is 0 Å². The van der Waals surface area contributed by atoms with Crippen LogP contribution in [0.2, 0.25) is 0 Å². The smallest absolute Gasteiger partial charge is 0.231 e. The van der Waals surface area contributed by atoms with Crippen LogP contribution in [0, 0.1) is 0 Å². The first-order valence-corrected chi connectivity index (χ1v) is 12.4. The van der Waals surface area contributed by atoms with Crippen LogP contribution in [0.4, 0.5) is 0 Å². The first-order chi connectivity index (χ1) is 17.6. The maximum atomic E-state index is 12.8. The number of rotatable bonds is 9. The van der Waals surface area contributed by atoms with Crippen LogP contribution in [-0.2, 0) is 16.0 Å². The largest absolute Gasteiger partial charge is 0.493 e. The molecule has 0 bridgehead atoms. The molecule has 0 spiro atoms. The molecule has 192 valence electrons. The lowest BCUT2D eigenvalue weighted by Gasteiger charge is -2.18. The fourth-order valence-corrected chi connectivity index (χ4v) is 4.72. The lowest BCUT2D eigenvalue weighted by atomic mass is 10.00. The number of carbonyl (C=O) groups is 1. The second kappa shape index (κ2) is 11.1. The topological polar surface area (TPSA) is 126 Å². The van der Waals surface area contributed by atoms with Gasteiger partial charge in [0.25, 0.3) is 0 Å². The van der Waals surface area contributed by atoms with E-state index in [0.717, 1.165) is 43.9 Å². The van der Waals surface area contributed by atoms with E-state index in [1.807, 2.05) is 11.0 Å². The Hall–Kier alpha value is -3.47. The minimum Gasteiger partial charge on any atom is -0.493 e. The molecule has 2 saturated heterocycles. The zero-order valence-electron chi connectivity index (χ0n) is 20.6. The highest BCUT2D eigenvalue weighted by molar-refractivity contribution is 5.76. The van der Waals surface area contributed by atoms with Crippen molar-refractivity contribution >= 4 is 5.91 Å². The van der Waals surface area contributed by atoms with Crippen LogP contribution in [0.1, 0.15) is 61.5 Å². The van der Waals surface area contributed by atoms with Crippen LogP contribution < -0.4 is 9.47 Å². The highest BCUT2D eigenvalue weighted by atomic mass is 16.5. The summed E-state index contributed by atoms with van der Waals surface area (Å²) in [5.41, 5.74) is 0.767. The number of methoxy groups -OCH3 is 2. The van der Waals surface area contributed by atoms with E-state index in [-0.39, 0.29) is 11.8 Å². The fourth-order valence-electron chi connectivity index (χ4n) is 4.72. The molecule has 3 aromatic rings. The Labute approximate surface area is 209 Å². The molecule has 0 radical (unpaired) electrons. The minimum absolute atomic E-state index is 0.0926. The summed E-state index contributed by atoms with van der Waals surface area (Å²) in [6, 6.07) is 5.45. The molecule has 2 aliphatic heterocycles. The van der Waals surface area contributed by atoms with Gasteiger partial charge >= 0.3 is 0 Å². The number of aromatic nitrogens is 4. The van der Waals surface area contributed by atoms with Crippen LogP contribution in [0.5, 0.6) is 11.5 Å². The third kappa shape index (κ3) is 5.35. The van der Waals surface area contributed by atoms with E-state index < -0.39 is 0 Å². The van der Waals surface area contributed by atoms with Crippen molar-refractivity contribution in [2.24, 2.45) is 0 Å². The Balaban J connectivity index is 1.09. The molecule has 4 heterocycles. The summed E-state index contributed by atoms with van der Waals surface area (Å²) in [5.74, 6) is 4.11. The van der Waals surface area contributed by atoms with Crippen molar-refractivity contribution in [2.75, 3.05) is 40.5 Å². The van der Waals surface area contributed by atoms with Crippen molar-refractivity contribution in [1.29, 1.82) is 0 Å². The zero-order valence-corrected chi connectivity index (χ0v) is 20.6. The van der Waals surface area contributed by atoms with E-state index in [1.54, 1.807) is 26.4 Å². The van der Waals surface area contributed by atoms with Crippen molar-refractivity contribution < 1.29 is 28.1 Å². The molecule has 2 aromatic heterocycles. The Kier molecular flexibility index (Phi) is 7.45. The highest BCUT2D eigenvalue weighted by Crippen LogP contribution is 2.32. The second-order valence-corrected chi connectivity index (χ2v) is 9.14. The van der Waals surface area contributed by atoms with Gasteiger partial charge in [0.1, 0.15) is 0 Å². The van der Waals surface area contributed by atoms with Gasteiger partial charge in [-0.25, -0.2) is 0 Å². The molecule has 5 rings (SSSR count). The third-order valence-corrected chi connectivity index (χ3v) is 6.83. The van der Waals surface area contributed by atoms with Crippen molar-refractivity contribution in [3.05, 3.63) is 35.8 Å². The van der Waals surface area contributed by atoms with E-state index >= 15 is 0 Å². The molecular formula is C25H31N5O6. The standard InChI is InChI=1S/C25H31N5O6/c1-32-19-7-6-17(14-20(19)33-2)24-26-21(35-28-24)4-3-5-22(31)30-11-8-18(15-30)25-27-23(29-36-25)16-9-12-34-13-10-16/h6-7,14,16,18H,3-5,8-13,15H2,1-2H3. The molecule has 1 atom stereocenters. The molecule has 1 amide bonds. The lowest BCUT2D eigenvalue weighted by molar-refractivity contribution is -0.130. The Morgan fingerprint density at radius 1 is 1.03 bits per heavy atom. The van der Waals surface area contributed by atoms with Gasteiger partial charge in [-0.05, 0) is 43.9 Å². The Bertz CT molecular complexity index is 1170. The second-order valence-electron chi connectivity index (χ2n) is 9.14. The van der Waals surface area contributed by atoms with E-state index in [9.17, 15) is 4.79 Å². The molecule has 11 nitrogen and oxygen atoms in total. The summed E-state index contributed by atoms with van der Waals surface area (Å²) in [6.07, 6.45) is 4.25. The van der Waals surface area contributed by atoms with Crippen LogP contribution in [0.25, 0.3) is 11.4 Å². The van der Waals surface area contributed by atoms with Gasteiger partial charge in [-0.15, -0.1) is 0 Å². The Morgan fingerprint density at radius 2 is 1.86 bits per heavy atom. The summed E-state index contributed by atoms with van der Waals surface area (Å²) in [4.78, 5) is 23.8. The predicted molar refractivity (Wildman–Crippen MR) is 127 cm³/mol. The molecule has 11 heteroatoms. The van der Waals surface area contributed by atoms with Crippen molar-refractivity contribution in [3.8, 4) is 22.9 Å². The van der Waals surface area contributed by atoms with Crippen LogP contribution in [0.15, 0.2) is 27.2 Å². The van der Waals surface area contributed by atoms with Crippen molar-refractivity contribution in [1.82, 2.24) is 25.2 Å². The number of carbonyl (C=O) groups excluding carboxylic acids is 1. The monoisotopic (exact) mass is 497 g/mol. The number of likely N-dealkylation sites (tertiary alicyclic amines) is 1. The van der Waals surface area contributed by atoms with Gasteiger partial charge in [0.2, 0.25) is 23.5 Å². The average Bonchev–Trinajstić information content (AvgIpc) is 3.69. The minimum atomic E-state index is 0.0926. The van der Waals surface area contributed by atoms with Crippen molar-refractivity contribution in [2.45, 2.75) is 50.4 Å². The first kappa shape index (κ1) is 24.2. The van der Waals surface area contributed by atoms with Crippen molar-refractivity contribution in [3.63, 3.8) is 0 Å². The normalized spacial score (nSPS) is 18.5.